The maximum atomic E-state index is 13.4. The third-order valence-corrected chi connectivity index (χ3v) is 7.99. The lowest BCUT2D eigenvalue weighted by atomic mass is 9.93. The molecule has 0 bridgehead atoms. The van der Waals surface area contributed by atoms with Crippen molar-refractivity contribution < 1.29 is 9.59 Å². The van der Waals surface area contributed by atoms with Crippen molar-refractivity contribution in [3.05, 3.63) is 28.8 Å². The molecule has 4 aliphatic rings. The SMILES string of the molecule is Cc1cc(NC(=O)N2CCC3(CC2)N(CC2CC2)C(=O)[C@H]2CN(C)CCN23)ccc1Cl. The molecule has 31 heavy (non-hydrogen) atoms. The Hall–Kier alpha value is -1.83. The van der Waals surface area contributed by atoms with E-state index in [-0.39, 0.29) is 17.7 Å². The predicted octanol–water partition coefficient (Wildman–Crippen LogP) is 2.84. The van der Waals surface area contributed by atoms with E-state index in [1.165, 1.54) is 12.8 Å². The van der Waals surface area contributed by atoms with Crippen LogP contribution in [0.15, 0.2) is 18.2 Å². The van der Waals surface area contributed by atoms with Crippen LogP contribution in [0.25, 0.3) is 0 Å². The smallest absolute Gasteiger partial charge is 0.321 e. The van der Waals surface area contributed by atoms with Crippen molar-refractivity contribution in [3.8, 4) is 0 Å². The molecule has 7 nitrogen and oxygen atoms in total. The van der Waals surface area contributed by atoms with Crippen LogP contribution in [0.1, 0.15) is 31.2 Å². The first-order valence-electron chi connectivity index (χ1n) is 11.5. The summed E-state index contributed by atoms with van der Waals surface area (Å²) in [6.07, 6.45) is 4.11. The molecule has 0 unspecified atom stereocenters. The van der Waals surface area contributed by atoms with Gasteiger partial charge < -0.3 is 20.0 Å². The number of hydrogen-bond donors (Lipinski definition) is 1. The Bertz CT molecular complexity index is 881. The van der Waals surface area contributed by atoms with Gasteiger partial charge in [0, 0.05) is 62.8 Å². The normalized spacial score (nSPS) is 26.4. The third-order valence-electron chi connectivity index (χ3n) is 7.57. The van der Waals surface area contributed by atoms with E-state index in [4.69, 9.17) is 11.6 Å². The first-order chi connectivity index (χ1) is 14.9. The van der Waals surface area contributed by atoms with Crippen LogP contribution in [-0.4, -0.2) is 89.6 Å². The summed E-state index contributed by atoms with van der Waals surface area (Å²) in [6.45, 7) is 6.85. The number of nitrogens with zero attached hydrogens (tertiary/aromatic N) is 4. The molecule has 1 atom stereocenters. The van der Waals surface area contributed by atoms with Crippen molar-refractivity contribution >= 4 is 29.2 Å². The number of halogens is 1. The molecule has 0 radical (unpaired) electrons. The lowest BCUT2D eigenvalue weighted by molar-refractivity contribution is -0.134. The largest absolute Gasteiger partial charge is 0.324 e. The first kappa shape index (κ1) is 21.0. The summed E-state index contributed by atoms with van der Waals surface area (Å²) in [5.74, 6) is 0.961. The second-order valence-electron chi connectivity index (χ2n) is 9.73. The Labute approximate surface area is 189 Å². The van der Waals surface area contributed by atoms with Gasteiger partial charge in [0.25, 0.3) is 0 Å². The number of hydrogen-bond acceptors (Lipinski definition) is 4. The minimum Gasteiger partial charge on any atom is -0.324 e. The van der Waals surface area contributed by atoms with Crippen LogP contribution >= 0.6 is 11.6 Å². The Kier molecular flexibility index (Phi) is 5.39. The molecule has 1 aliphatic carbocycles. The fourth-order valence-corrected chi connectivity index (χ4v) is 5.66. The number of benzene rings is 1. The molecule has 3 heterocycles. The fraction of sp³-hybridized carbons (Fsp3) is 0.652. The summed E-state index contributed by atoms with van der Waals surface area (Å²) in [4.78, 5) is 35.1. The Morgan fingerprint density at radius 1 is 1.19 bits per heavy atom. The van der Waals surface area contributed by atoms with Crippen molar-refractivity contribution in [2.45, 2.75) is 44.3 Å². The third kappa shape index (κ3) is 3.81. The molecule has 1 saturated carbocycles. The molecule has 3 aliphatic heterocycles. The highest BCUT2D eigenvalue weighted by atomic mass is 35.5. The van der Waals surface area contributed by atoms with Crippen molar-refractivity contribution in [1.82, 2.24) is 19.6 Å². The van der Waals surface area contributed by atoms with Crippen LogP contribution < -0.4 is 5.32 Å². The maximum absolute atomic E-state index is 13.4. The van der Waals surface area contributed by atoms with E-state index in [0.717, 1.165) is 50.3 Å². The van der Waals surface area contributed by atoms with Gasteiger partial charge in [-0.05, 0) is 56.5 Å². The topological polar surface area (TPSA) is 59.1 Å². The number of nitrogens with one attached hydrogen (secondary N) is 1. The Morgan fingerprint density at radius 2 is 1.94 bits per heavy atom. The van der Waals surface area contributed by atoms with Gasteiger partial charge in [0.05, 0.1) is 0 Å². The lowest BCUT2D eigenvalue weighted by Gasteiger charge is -2.50. The van der Waals surface area contributed by atoms with Gasteiger partial charge in [0.1, 0.15) is 11.7 Å². The molecule has 1 aromatic carbocycles. The number of likely N-dealkylation sites (N-methyl/N-ethyl adjacent to an activating group) is 1. The van der Waals surface area contributed by atoms with Gasteiger partial charge in [-0.1, -0.05) is 11.6 Å². The highest BCUT2D eigenvalue weighted by molar-refractivity contribution is 6.31. The Morgan fingerprint density at radius 3 is 2.61 bits per heavy atom. The standard InChI is InChI=1S/C23H32ClN5O2/c1-16-13-18(5-6-19(16)24)25-22(31)27-9-7-23(8-10-27)28-12-11-26(2)15-20(28)21(30)29(23)14-17-3-4-17/h5-6,13,17,20H,3-4,7-12,14-15H2,1-2H3,(H,25,31)/t20-/m1/s1. The van der Waals surface area contributed by atoms with E-state index in [2.05, 4.69) is 27.1 Å². The molecule has 5 rings (SSSR count). The maximum Gasteiger partial charge on any atom is 0.321 e. The lowest BCUT2D eigenvalue weighted by Crippen LogP contribution is -2.64. The second kappa shape index (κ2) is 7.94. The number of anilines is 1. The molecular formula is C23H32ClN5O2. The highest BCUT2D eigenvalue weighted by Gasteiger charge is 2.59. The molecule has 1 N–H and O–H groups in total. The number of piperidine rings is 1. The quantitative estimate of drug-likeness (QED) is 0.777. The van der Waals surface area contributed by atoms with Crippen LogP contribution in [0.4, 0.5) is 10.5 Å². The second-order valence-corrected chi connectivity index (χ2v) is 10.1. The van der Waals surface area contributed by atoms with Crippen LogP contribution in [0.5, 0.6) is 0 Å². The zero-order valence-corrected chi connectivity index (χ0v) is 19.2. The first-order valence-corrected chi connectivity index (χ1v) is 11.8. The summed E-state index contributed by atoms with van der Waals surface area (Å²) in [6, 6.07) is 5.43. The average molecular weight is 446 g/mol. The van der Waals surface area contributed by atoms with E-state index in [1.807, 2.05) is 30.0 Å². The minimum absolute atomic E-state index is 0.0325. The highest BCUT2D eigenvalue weighted by Crippen LogP contribution is 2.44. The van der Waals surface area contributed by atoms with Crippen LogP contribution in [0.2, 0.25) is 5.02 Å². The summed E-state index contributed by atoms with van der Waals surface area (Å²) in [5.41, 5.74) is 1.48. The molecular weight excluding hydrogens is 414 g/mol. The number of carbonyl (C=O) groups is 2. The van der Waals surface area contributed by atoms with Crippen LogP contribution in [0.3, 0.4) is 0 Å². The number of piperazine rings is 1. The zero-order chi connectivity index (χ0) is 21.8. The average Bonchev–Trinajstić information content (AvgIpc) is 3.55. The number of likely N-dealkylation sites (tertiary alicyclic amines) is 1. The van der Waals surface area contributed by atoms with Gasteiger partial charge in [-0.2, -0.15) is 0 Å². The molecule has 168 valence electrons. The number of amides is 3. The van der Waals surface area contributed by atoms with Gasteiger partial charge in [-0.25, -0.2) is 4.79 Å². The molecule has 1 spiro atoms. The number of fused-ring (bicyclic) bond motifs is 2. The fourth-order valence-electron chi connectivity index (χ4n) is 5.54. The molecule has 0 aromatic heterocycles. The van der Waals surface area contributed by atoms with Gasteiger partial charge in [-0.15, -0.1) is 0 Å². The van der Waals surface area contributed by atoms with Crippen molar-refractivity contribution in [2.75, 3.05) is 51.6 Å². The van der Waals surface area contributed by atoms with Gasteiger partial charge in [0.2, 0.25) is 5.91 Å². The van der Waals surface area contributed by atoms with E-state index >= 15 is 0 Å². The van der Waals surface area contributed by atoms with Crippen LogP contribution in [-0.2, 0) is 4.79 Å². The van der Waals surface area contributed by atoms with E-state index in [0.29, 0.717) is 29.9 Å². The predicted molar refractivity (Wildman–Crippen MR) is 121 cm³/mol. The number of rotatable bonds is 3. The van der Waals surface area contributed by atoms with Gasteiger partial charge >= 0.3 is 6.03 Å². The summed E-state index contributed by atoms with van der Waals surface area (Å²) >= 11 is 6.10. The molecule has 3 amide bonds. The zero-order valence-electron chi connectivity index (χ0n) is 18.4. The Balaban J connectivity index is 1.30. The van der Waals surface area contributed by atoms with E-state index in [1.54, 1.807) is 0 Å². The minimum atomic E-state index is -0.223. The molecule has 3 saturated heterocycles. The van der Waals surface area contributed by atoms with E-state index < -0.39 is 0 Å². The molecule has 1 aromatic rings. The molecule has 4 fully saturated rings. The van der Waals surface area contributed by atoms with Crippen molar-refractivity contribution in [2.24, 2.45) is 5.92 Å². The summed E-state index contributed by atoms with van der Waals surface area (Å²) in [5, 5.41) is 3.71. The van der Waals surface area contributed by atoms with Gasteiger partial charge in [-0.3, -0.25) is 9.69 Å². The van der Waals surface area contributed by atoms with Gasteiger partial charge in [0.15, 0.2) is 0 Å². The number of urea groups is 1. The summed E-state index contributed by atoms with van der Waals surface area (Å²) in [7, 11) is 2.10. The monoisotopic (exact) mass is 445 g/mol. The van der Waals surface area contributed by atoms with Crippen LogP contribution in [0, 0.1) is 12.8 Å². The number of aryl methyl sites for hydroxylation is 1. The molecule has 8 heteroatoms. The van der Waals surface area contributed by atoms with E-state index in [9.17, 15) is 9.59 Å². The van der Waals surface area contributed by atoms with Crippen molar-refractivity contribution in [1.29, 1.82) is 0 Å². The number of carbonyl (C=O) groups excluding carboxylic acids is 2. The van der Waals surface area contributed by atoms with Crippen molar-refractivity contribution in [3.63, 3.8) is 0 Å². The summed E-state index contributed by atoms with van der Waals surface area (Å²) < 4.78 is 0.